The number of hydrogen-bond donors (Lipinski definition) is 2. The number of unbranched alkanes of at least 4 members (excludes halogenated alkanes) is 2. The second kappa shape index (κ2) is 14.2. The minimum atomic E-state index is -0.987. The predicted molar refractivity (Wildman–Crippen MR) is 144 cm³/mol. The van der Waals surface area contributed by atoms with Crippen LogP contribution < -0.4 is 9.47 Å². The van der Waals surface area contributed by atoms with E-state index >= 15 is 0 Å². The van der Waals surface area contributed by atoms with Crippen LogP contribution in [0.4, 0.5) is 0 Å². The van der Waals surface area contributed by atoms with Crippen LogP contribution in [0.15, 0.2) is 66.7 Å². The summed E-state index contributed by atoms with van der Waals surface area (Å²) in [5.41, 5.74) is 3.28. The average Bonchev–Trinajstić information content (AvgIpc) is 2.91. The minimum absolute atomic E-state index is 0.0483. The number of rotatable bonds is 14. The van der Waals surface area contributed by atoms with Crippen molar-refractivity contribution in [1.29, 1.82) is 0 Å². The van der Waals surface area contributed by atoms with Gasteiger partial charge in [-0.05, 0) is 72.9 Å². The molecular formula is C30H31NO6. The van der Waals surface area contributed by atoms with E-state index in [0.29, 0.717) is 23.7 Å². The molecular weight excluding hydrogens is 470 g/mol. The van der Waals surface area contributed by atoms with Crippen molar-refractivity contribution >= 4 is 30.2 Å². The molecule has 2 N–H and O–H groups in total. The molecule has 0 aliphatic heterocycles. The van der Waals surface area contributed by atoms with Crippen molar-refractivity contribution in [3.63, 3.8) is 0 Å². The van der Waals surface area contributed by atoms with Gasteiger partial charge in [0, 0.05) is 6.42 Å². The first kappa shape index (κ1) is 27.2. The highest BCUT2D eigenvalue weighted by Crippen LogP contribution is 2.21. The molecule has 0 radical (unpaired) electrons. The molecule has 0 amide bonds. The number of nitrogens with zero attached hydrogens (tertiary/aromatic N) is 1. The fourth-order valence-corrected chi connectivity index (χ4v) is 3.57. The Balaban J connectivity index is 1.55. The molecule has 1 heterocycles. The lowest BCUT2D eigenvalue weighted by Gasteiger charge is -2.11. The molecule has 0 atom stereocenters. The Hall–Kier alpha value is -4.39. The van der Waals surface area contributed by atoms with Crippen molar-refractivity contribution in [3.05, 3.63) is 94.8 Å². The van der Waals surface area contributed by atoms with Crippen LogP contribution >= 0.6 is 0 Å². The molecule has 192 valence electrons. The number of carboxylic acid groups (broad SMARTS) is 2. The monoisotopic (exact) mass is 501 g/mol. The molecule has 0 saturated heterocycles. The number of aromatic nitrogens is 1. The Kier molecular flexibility index (Phi) is 10.5. The van der Waals surface area contributed by atoms with Gasteiger partial charge in [-0.15, -0.1) is 0 Å². The van der Waals surface area contributed by atoms with E-state index in [0.717, 1.165) is 36.1 Å². The Labute approximate surface area is 216 Å². The zero-order valence-corrected chi connectivity index (χ0v) is 20.8. The predicted octanol–water partition coefficient (Wildman–Crippen LogP) is 6.24. The number of carboxylic acids is 2. The van der Waals surface area contributed by atoms with Gasteiger partial charge in [0.1, 0.15) is 11.5 Å². The fraction of sp³-hybridized carbons (Fsp3) is 0.233. The topological polar surface area (TPSA) is 106 Å². The number of pyridine rings is 1. The second-order valence-electron chi connectivity index (χ2n) is 8.36. The van der Waals surface area contributed by atoms with Gasteiger partial charge in [0.15, 0.2) is 0 Å². The first-order valence-electron chi connectivity index (χ1n) is 12.1. The Morgan fingerprint density at radius 2 is 1.73 bits per heavy atom. The molecule has 1 aromatic heterocycles. The summed E-state index contributed by atoms with van der Waals surface area (Å²) < 4.78 is 11.1. The van der Waals surface area contributed by atoms with Gasteiger partial charge in [0.05, 0.1) is 37.1 Å². The molecule has 0 saturated carbocycles. The third-order valence-electron chi connectivity index (χ3n) is 5.56. The minimum Gasteiger partial charge on any atom is -0.497 e. The summed E-state index contributed by atoms with van der Waals surface area (Å²) in [6.45, 7) is 0.509. The highest BCUT2D eigenvalue weighted by atomic mass is 16.5. The molecule has 7 heteroatoms. The van der Waals surface area contributed by atoms with E-state index in [1.807, 2.05) is 24.3 Å². The largest absolute Gasteiger partial charge is 0.497 e. The van der Waals surface area contributed by atoms with E-state index in [4.69, 9.17) is 19.7 Å². The number of benzene rings is 2. The maximum Gasteiger partial charge on any atom is 0.335 e. The highest BCUT2D eigenvalue weighted by Gasteiger charge is 2.09. The summed E-state index contributed by atoms with van der Waals surface area (Å²) in [6, 6.07) is 18.1. The lowest BCUT2D eigenvalue weighted by molar-refractivity contribution is -0.136. The lowest BCUT2D eigenvalue weighted by atomic mass is 10.1. The quantitative estimate of drug-likeness (QED) is 0.252. The number of hydrogen-bond acceptors (Lipinski definition) is 5. The van der Waals surface area contributed by atoms with Crippen LogP contribution in [0.2, 0.25) is 0 Å². The van der Waals surface area contributed by atoms with Crippen molar-refractivity contribution in [2.75, 3.05) is 13.7 Å². The van der Waals surface area contributed by atoms with Crippen molar-refractivity contribution in [3.8, 4) is 11.5 Å². The molecule has 0 aliphatic rings. The molecule has 3 aromatic rings. The van der Waals surface area contributed by atoms with Crippen molar-refractivity contribution in [2.24, 2.45) is 0 Å². The first-order valence-corrected chi connectivity index (χ1v) is 12.1. The number of ether oxygens (including phenoxy) is 2. The first-order chi connectivity index (χ1) is 17.9. The number of aromatic carboxylic acids is 1. The Morgan fingerprint density at radius 3 is 2.46 bits per heavy atom. The molecule has 0 aliphatic carbocycles. The number of carbonyl (C=O) groups is 2. The van der Waals surface area contributed by atoms with Gasteiger partial charge in [-0.1, -0.05) is 42.5 Å². The fourth-order valence-electron chi connectivity index (χ4n) is 3.57. The van der Waals surface area contributed by atoms with Crippen molar-refractivity contribution < 1.29 is 29.3 Å². The van der Waals surface area contributed by atoms with E-state index < -0.39 is 11.9 Å². The highest BCUT2D eigenvalue weighted by molar-refractivity contribution is 5.88. The second-order valence-corrected chi connectivity index (χ2v) is 8.36. The van der Waals surface area contributed by atoms with Gasteiger partial charge in [0.25, 0.3) is 0 Å². The summed E-state index contributed by atoms with van der Waals surface area (Å²) in [7, 11) is 1.65. The van der Waals surface area contributed by atoms with E-state index in [-0.39, 0.29) is 18.4 Å². The zero-order valence-electron chi connectivity index (χ0n) is 20.8. The average molecular weight is 502 g/mol. The third kappa shape index (κ3) is 9.29. The summed E-state index contributed by atoms with van der Waals surface area (Å²) in [5.74, 6) is -0.469. The zero-order chi connectivity index (χ0) is 26.5. The standard InChI is InChI=1S/C30H31NO6/c1-36-26-15-11-22(12-16-26)7-4-2-3-5-20-37-28-18-14-25(31-27(28)17-19-29(32)33)13-10-23-8-6-9-24(21-23)30(34)35/h4,6-16,18,21H,2-3,5,17,19-20H2,1H3,(H,32,33)(H,34,35)/b7-4+,13-10-. The summed E-state index contributed by atoms with van der Waals surface area (Å²) in [6.07, 6.45) is 10.7. The normalized spacial score (nSPS) is 11.2. The van der Waals surface area contributed by atoms with Crippen LogP contribution in [0.25, 0.3) is 18.2 Å². The van der Waals surface area contributed by atoms with Gasteiger partial charge in [0.2, 0.25) is 0 Å². The number of allylic oxidation sites excluding steroid dienone is 1. The van der Waals surface area contributed by atoms with Crippen LogP contribution in [0.1, 0.15) is 58.6 Å². The van der Waals surface area contributed by atoms with Crippen LogP contribution in [0.5, 0.6) is 11.5 Å². The molecule has 37 heavy (non-hydrogen) atoms. The summed E-state index contributed by atoms with van der Waals surface area (Å²) >= 11 is 0. The lowest BCUT2D eigenvalue weighted by Crippen LogP contribution is -2.05. The molecule has 0 spiro atoms. The van der Waals surface area contributed by atoms with E-state index in [1.54, 1.807) is 49.6 Å². The molecule has 3 rings (SSSR count). The molecule has 2 aromatic carbocycles. The number of methoxy groups -OCH3 is 1. The summed E-state index contributed by atoms with van der Waals surface area (Å²) in [5, 5.41) is 18.3. The van der Waals surface area contributed by atoms with Gasteiger partial charge >= 0.3 is 11.9 Å². The molecule has 0 unspecified atom stereocenters. The van der Waals surface area contributed by atoms with Crippen LogP contribution in [0.3, 0.4) is 0 Å². The molecule has 7 nitrogen and oxygen atoms in total. The van der Waals surface area contributed by atoms with Gasteiger partial charge < -0.3 is 19.7 Å². The smallest absolute Gasteiger partial charge is 0.335 e. The Morgan fingerprint density at radius 1 is 0.919 bits per heavy atom. The maximum absolute atomic E-state index is 11.2. The maximum atomic E-state index is 11.2. The van der Waals surface area contributed by atoms with Crippen molar-refractivity contribution in [1.82, 2.24) is 4.98 Å². The van der Waals surface area contributed by atoms with Gasteiger partial charge in [-0.25, -0.2) is 9.78 Å². The Bertz CT molecular complexity index is 1250. The van der Waals surface area contributed by atoms with Gasteiger partial charge in [-0.2, -0.15) is 0 Å². The molecule has 0 fully saturated rings. The number of aliphatic carboxylic acids is 1. The van der Waals surface area contributed by atoms with Crippen LogP contribution in [0, 0.1) is 0 Å². The van der Waals surface area contributed by atoms with Crippen LogP contribution in [-0.4, -0.2) is 40.9 Å². The van der Waals surface area contributed by atoms with Crippen molar-refractivity contribution in [2.45, 2.75) is 32.1 Å². The molecule has 0 bridgehead atoms. The van der Waals surface area contributed by atoms with E-state index in [2.05, 4.69) is 17.1 Å². The van der Waals surface area contributed by atoms with Crippen LogP contribution in [-0.2, 0) is 11.2 Å². The third-order valence-corrected chi connectivity index (χ3v) is 5.56. The van der Waals surface area contributed by atoms with E-state index in [9.17, 15) is 9.59 Å². The SMILES string of the molecule is COc1ccc(/C=C/CCCCOc2ccc(/C=C\c3cccc(C(=O)O)c3)nc2CCC(=O)O)cc1. The van der Waals surface area contributed by atoms with Gasteiger partial charge in [-0.3, -0.25) is 4.79 Å². The number of aryl methyl sites for hydroxylation is 1. The summed E-state index contributed by atoms with van der Waals surface area (Å²) in [4.78, 5) is 26.9. The van der Waals surface area contributed by atoms with E-state index in [1.165, 1.54) is 6.07 Å².